The van der Waals surface area contributed by atoms with Gasteiger partial charge in [-0.15, -0.1) is 0 Å². The number of azide groups is 1. The molecule has 0 bridgehead atoms. The van der Waals surface area contributed by atoms with Crippen LogP contribution in [0, 0.1) is 0 Å². The van der Waals surface area contributed by atoms with Crippen molar-refractivity contribution >= 4 is 6.29 Å². The number of aliphatic hydroxyl groups excluding tert-OH is 2. The van der Waals surface area contributed by atoms with E-state index in [0.29, 0.717) is 12.1 Å². The van der Waals surface area contributed by atoms with Gasteiger partial charge in [-0.1, -0.05) is 11.2 Å². The van der Waals surface area contributed by atoms with Gasteiger partial charge in [0, 0.05) is 10.5 Å². The summed E-state index contributed by atoms with van der Waals surface area (Å²) in [5.74, 6) is 0. The molecule has 0 fully saturated rings. The van der Waals surface area contributed by atoms with Crippen LogP contribution in [-0.4, -0.2) is 29.1 Å². The Bertz CT molecular complexity index is 541. The van der Waals surface area contributed by atoms with Crippen LogP contribution in [0.2, 0.25) is 0 Å². The number of nitrogens with zero attached hydrogens (tertiary/aromatic N) is 3. The maximum atomic E-state index is 12.5. The van der Waals surface area contributed by atoms with Crippen LogP contribution in [0.4, 0.5) is 13.2 Å². The van der Waals surface area contributed by atoms with Gasteiger partial charge in [0.15, 0.2) is 0 Å². The van der Waals surface area contributed by atoms with Crippen molar-refractivity contribution in [2.45, 2.75) is 18.4 Å². The summed E-state index contributed by atoms with van der Waals surface area (Å²) in [6, 6.07) is 2.16. The average molecular weight is 289 g/mol. The molecule has 2 atom stereocenters. The van der Waals surface area contributed by atoms with Gasteiger partial charge in [-0.3, -0.25) is 4.79 Å². The topological polar surface area (TPSA) is 106 Å². The molecule has 0 aromatic heterocycles. The fourth-order valence-corrected chi connectivity index (χ4v) is 1.55. The van der Waals surface area contributed by atoms with E-state index < -0.39 is 36.1 Å². The number of alkyl halides is 3. The zero-order valence-corrected chi connectivity index (χ0v) is 9.95. The Kier molecular flexibility index (Phi) is 5.09. The number of aliphatic hydroxyl groups is 2. The second-order valence-corrected chi connectivity index (χ2v) is 3.88. The van der Waals surface area contributed by atoms with Gasteiger partial charge in [-0.25, -0.2) is 0 Å². The molecule has 0 amide bonds. The Balaban J connectivity index is 3.12. The summed E-state index contributed by atoms with van der Waals surface area (Å²) in [5.41, 5.74) is 6.47. The summed E-state index contributed by atoms with van der Waals surface area (Å²) in [5, 5.41) is 22.3. The molecule has 20 heavy (non-hydrogen) atoms. The maximum Gasteiger partial charge on any atom is 0.416 e. The summed E-state index contributed by atoms with van der Waals surface area (Å²) in [7, 11) is 0. The molecule has 0 spiro atoms. The number of carbonyl (C=O) groups excluding carboxylic acids is 1. The van der Waals surface area contributed by atoms with Crippen LogP contribution in [0.15, 0.2) is 23.3 Å². The SMILES string of the molecule is [N-]=[N+]=NCC(O)C(O)c1ccc(C(F)(F)F)cc1C=O. The Morgan fingerprint density at radius 3 is 2.55 bits per heavy atom. The van der Waals surface area contributed by atoms with Crippen molar-refractivity contribution in [3.8, 4) is 0 Å². The van der Waals surface area contributed by atoms with Crippen LogP contribution in [-0.2, 0) is 6.18 Å². The first-order valence-electron chi connectivity index (χ1n) is 5.34. The van der Waals surface area contributed by atoms with E-state index in [1.165, 1.54) is 0 Å². The highest BCUT2D eigenvalue weighted by Gasteiger charge is 2.32. The van der Waals surface area contributed by atoms with Crippen LogP contribution < -0.4 is 0 Å². The third kappa shape index (κ3) is 3.70. The number of hydrogen-bond acceptors (Lipinski definition) is 4. The molecule has 1 aromatic carbocycles. The van der Waals surface area contributed by atoms with Crippen LogP contribution in [0.25, 0.3) is 10.4 Å². The Hall–Kier alpha value is -2.09. The zero-order valence-electron chi connectivity index (χ0n) is 9.95. The summed E-state index contributed by atoms with van der Waals surface area (Å²) in [6.45, 7) is -0.475. The number of carbonyl (C=O) groups is 1. The van der Waals surface area contributed by atoms with E-state index in [9.17, 15) is 28.2 Å². The minimum Gasteiger partial charge on any atom is -0.390 e. The molecule has 0 aliphatic heterocycles. The third-order valence-electron chi connectivity index (χ3n) is 2.56. The van der Waals surface area contributed by atoms with Crippen molar-refractivity contribution < 1.29 is 28.2 Å². The molecule has 108 valence electrons. The molecule has 1 rings (SSSR count). The molecular formula is C11H10F3N3O3. The van der Waals surface area contributed by atoms with Gasteiger partial charge in [-0.05, 0) is 23.2 Å². The van der Waals surface area contributed by atoms with Crippen molar-refractivity contribution in [3.05, 3.63) is 45.3 Å². The van der Waals surface area contributed by atoms with E-state index >= 15 is 0 Å². The number of halogens is 3. The van der Waals surface area contributed by atoms with Gasteiger partial charge in [0.2, 0.25) is 0 Å². The highest BCUT2D eigenvalue weighted by molar-refractivity contribution is 5.78. The highest BCUT2D eigenvalue weighted by Crippen LogP contribution is 2.32. The van der Waals surface area contributed by atoms with Crippen LogP contribution in [0.3, 0.4) is 0 Å². The number of aldehydes is 1. The molecule has 0 saturated heterocycles. The minimum absolute atomic E-state index is 0.147. The first kappa shape index (κ1) is 16.0. The lowest BCUT2D eigenvalue weighted by molar-refractivity contribution is -0.137. The fourth-order valence-electron chi connectivity index (χ4n) is 1.55. The first-order chi connectivity index (χ1) is 9.31. The monoisotopic (exact) mass is 289 g/mol. The molecule has 0 saturated carbocycles. The van der Waals surface area contributed by atoms with Crippen LogP contribution in [0.5, 0.6) is 0 Å². The van der Waals surface area contributed by atoms with E-state index in [1.807, 2.05) is 0 Å². The highest BCUT2D eigenvalue weighted by atomic mass is 19.4. The summed E-state index contributed by atoms with van der Waals surface area (Å²) >= 11 is 0. The zero-order chi connectivity index (χ0) is 15.3. The average Bonchev–Trinajstić information content (AvgIpc) is 2.42. The molecule has 6 nitrogen and oxygen atoms in total. The second-order valence-electron chi connectivity index (χ2n) is 3.88. The molecule has 2 N–H and O–H groups in total. The standard InChI is InChI=1S/C11H10F3N3O3/c12-11(13,14)7-1-2-8(6(3-7)5-18)10(20)9(19)4-16-17-15/h1-3,5,9-10,19-20H,4H2. The quantitative estimate of drug-likeness (QED) is 0.375. The predicted octanol–water partition coefficient (Wildman–Crippen LogP) is 2.22. The van der Waals surface area contributed by atoms with E-state index in [2.05, 4.69) is 10.0 Å². The molecular weight excluding hydrogens is 279 g/mol. The minimum atomic E-state index is -4.62. The van der Waals surface area contributed by atoms with E-state index in [4.69, 9.17) is 5.53 Å². The molecule has 9 heteroatoms. The maximum absolute atomic E-state index is 12.5. The lowest BCUT2D eigenvalue weighted by Crippen LogP contribution is -2.22. The van der Waals surface area contributed by atoms with E-state index in [-0.39, 0.29) is 11.8 Å². The first-order valence-corrected chi connectivity index (χ1v) is 5.34. The number of benzene rings is 1. The molecule has 0 radical (unpaired) electrons. The van der Waals surface area contributed by atoms with Gasteiger partial charge in [0.1, 0.15) is 12.4 Å². The van der Waals surface area contributed by atoms with Crippen LogP contribution >= 0.6 is 0 Å². The Morgan fingerprint density at radius 2 is 2.05 bits per heavy atom. The van der Waals surface area contributed by atoms with Gasteiger partial charge >= 0.3 is 6.18 Å². The third-order valence-corrected chi connectivity index (χ3v) is 2.56. The van der Waals surface area contributed by atoms with Gasteiger partial charge in [0.25, 0.3) is 0 Å². The molecule has 1 aromatic rings. The Morgan fingerprint density at radius 1 is 1.40 bits per heavy atom. The largest absolute Gasteiger partial charge is 0.416 e. The molecule has 0 aliphatic rings. The smallest absolute Gasteiger partial charge is 0.390 e. The normalized spacial score (nSPS) is 14.2. The van der Waals surface area contributed by atoms with Crippen molar-refractivity contribution in [3.63, 3.8) is 0 Å². The summed E-state index contributed by atoms with van der Waals surface area (Å²) < 4.78 is 37.4. The van der Waals surface area contributed by atoms with Gasteiger partial charge in [0.05, 0.1) is 18.2 Å². The van der Waals surface area contributed by atoms with E-state index in [1.54, 1.807) is 0 Å². The predicted molar refractivity (Wildman–Crippen MR) is 61.8 cm³/mol. The fraction of sp³-hybridized carbons (Fsp3) is 0.364. The summed E-state index contributed by atoms with van der Waals surface area (Å²) in [4.78, 5) is 13.2. The second kappa shape index (κ2) is 6.38. The van der Waals surface area contributed by atoms with Gasteiger partial charge in [-0.2, -0.15) is 13.2 Å². The lowest BCUT2D eigenvalue weighted by Gasteiger charge is -2.19. The number of rotatable bonds is 5. The van der Waals surface area contributed by atoms with Crippen molar-refractivity contribution in [2.24, 2.45) is 5.11 Å². The van der Waals surface area contributed by atoms with Crippen molar-refractivity contribution in [2.75, 3.05) is 6.54 Å². The van der Waals surface area contributed by atoms with E-state index in [0.717, 1.165) is 6.07 Å². The van der Waals surface area contributed by atoms with Crippen molar-refractivity contribution in [1.29, 1.82) is 0 Å². The Labute approximate surface area is 111 Å². The van der Waals surface area contributed by atoms with Gasteiger partial charge < -0.3 is 10.2 Å². The molecule has 0 heterocycles. The molecule has 0 aliphatic carbocycles. The molecule has 2 unspecified atom stereocenters. The van der Waals surface area contributed by atoms with Crippen LogP contribution in [0.1, 0.15) is 27.6 Å². The van der Waals surface area contributed by atoms with Crippen molar-refractivity contribution in [1.82, 2.24) is 0 Å². The lowest BCUT2D eigenvalue weighted by atomic mass is 9.97. The number of hydrogen-bond donors (Lipinski definition) is 2. The summed E-state index contributed by atoms with van der Waals surface area (Å²) in [6.07, 6.45) is -7.64.